The van der Waals surface area contributed by atoms with E-state index in [0.717, 1.165) is 21.5 Å². The number of hydrogen-bond acceptors (Lipinski definition) is 2. The van der Waals surface area contributed by atoms with Crippen LogP contribution in [0.4, 0.5) is 5.69 Å². The van der Waals surface area contributed by atoms with Gasteiger partial charge in [0.25, 0.3) is 5.91 Å². The van der Waals surface area contributed by atoms with Gasteiger partial charge in [0.15, 0.2) is 0 Å². The normalized spacial score (nSPS) is 10.6. The second-order valence-electron chi connectivity index (χ2n) is 5.67. The van der Waals surface area contributed by atoms with Crippen molar-refractivity contribution in [2.45, 2.75) is 20.8 Å². The molecule has 0 heterocycles. The summed E-state index contributed by atoms with van der Waals surface area (Å²) < 4.78 is 6.47. The molecule has 0 bridgehead atoms. The molecule has 0 radical (unpaired) electrons. The van der Waals surface area contributed by atoms with E-state index in [-0.39, 0.29) is 5.91 Å². The number of halogens is 1. The maximum atomic E-state index is 12.3. The van der Waals surface area contributed by atoms with Gasteiger partial charge in [-0.15, -0.1) is 0 Å². The molecule has 0 saturated heterocycles. The monoisotopic (exact) mass is 361 g/mol. The maximum absolute atomic E-state index is 12.3. The Morgan fingerprint density at radius 3 is 2.45 bits per heavy atom. The third-order valence-electron chi connectivity index (χ3n) is 3.08. The van der Waals surface area contributed by atoms with Gasteiger partial charge in [-0.1, -0.05) is 31.5 Å². The van der Waals surface area contributed by atoms with Gasteiger partial charge in [0.2, 0.25) is 0 Å². The molecule has 0 aliphatic carbocycles. The van der Waals surface area contributed by atoms with Crippen molar-refractivity contribution in [3.8, 4) is 5.75 Å². The summed E-state index contributed by atoms with van der Waals surface area (Å²) in [5.41, 5.74) is 2.53. The zero-order chi connectivity index (χ0) is 16.1. The average Bonchev–Trinajstić information content (AvgIpc) is 2.48. The van der Waals surface area contributed by atoms with E-state index in [9.17, 15) is 4.79 Å². The minimum Gasteiger partial charge on any atom is -0.492 e. The highest BCUT2D eigenvalue weighted by Gasteiger charge is 2.10. The van der Waals surface area contributed by atoms with Crippen molar-refractivity contribution in [3.63, 3.8) is 0 Å². The zero-order valence-corrected chi connectivity index (χ0v) is 14.6. The van der Waals surface area contributed by atoms with Crippen LogP contribution in [-0.2, 0) is 0 Å². The molecule has 0 aliphatic heterocycles. The van der Waals surface area contributed by atoms with E-state index in [0.29, 0.717) is 18.1 Å². The molecule has 116 valence electrons. The number of nitrogens with one attached hydrogen (secondary N) is 1. The summed E-state index contributed by atoms with van der Waals surface area (Å²) in [5, 5.41) is 2.88. The predicted octanol–water partition coefficient (Wildman–Crippen LogP) is 5.04. The van der Waals surface area contributed by atoms with Crippen LogP contribution < -0.4 is 10.1 Å². The van der Waals surface area contributed by atoms with Gasteiger partial charge in [-0.25, -0.2) is 0 Å². The first-order valence-electron chi connectivity index (χ1n) is 7.26. The minimum absolute atomic E-state index is 0.139. The Balaban J connectivity index is 2.07. The lowest BCUT2D eigenvalue weighted by molar-refractivity contribution is 0.102. The van der Waals surface area contributed by atoms with E-state index in [4.69, 9.17) is 4.74 Å². The van der Waals surface area contributed by atoms with E-state index >= 15 is 0 Å². The Labute approximate surface area is 139 Å². The van der Waals surface area contributed by atoms with Gasteiger partial charge < -0.3 is 10.1 Å². The lowest BCUT2D eigenvalue weighted by Crippen LogP contribution is -2.12. The number of rotatable bonds is 5. The molecule has 0 fully saturated rings. The first-order chi connectivity index (χ1) is 10.5. The predicted molar refractivity (Wildman–Crippen MR) is 93.6 cm³/mol. The molecule has 0 saturated carbocycles. The largest absolute Gasteiger partial charge is 0.492 e. The lowest BCUT2D eigenvalue weighted by atomic mass is 10.2. The van der Waals surface area contributed by atoms with E-state index in [1.165, 1.54) is 0 Å². The highest BCUT2D eigenvalue weighted by molar-refractivity contribution is 9.10. The Bertz CT molecular complexity index is 651. The fourth-order valence-corrected chi connectivity index (χ4v) is 2.35. The first-order valence-corrected chi connectivity index (χ1v) is 8.05. The van der Waals surface area contributed by atoms with E-state index < -0.39 is 0 Å². The number of carbonyl (C=O) groups excluding carboxylic acids is 1. The van der Waals surface area contributed by atoms with Gasteiger partial charge >= 0.3 is 0 Å². The van der Waals surface area contributed by atoms with Crippen molar-refractivity contribution in [1.82, 2.24) is 0 Å². The zero-order valence-electron chi connectivity index (χ0n) is 13.0. The fraction of sp³-hybridized carbons (Fsp3) is 0.278. The number of carbonyl (C=O) groups is 1. The van der Waals surface area contributed by atoms with Crippen molar-refractivity contribution in [3.05, 3.63) is 58.1 Å². The van der Waals surface area contributed by atoms with Crippen molar-refractivity contribution < 1.29 is 9.53 Å². The van der Waals surface area contributed by atoms with Gasteiger partial charge in [0, 0.05) is 11.3 Å². The number of amides is 1. The molecule has 3 nitrogen and oxygen atoms in total. The molecular weight excluding hydrogens is 342 g/mol. The summed E-state index contributed by atoms with van der Waals surface area (Å²) in [6, 6.07) is 13.1. The molecule has 1 N–H and O–H groups in total. The van der Waals surface area contributed by atoms with Crippen molar-refractivity contribution in [1.29, 1.82) is 0 Å². The van der Waals surface area contributed by atoms with Gasteiger partial charge in [0.1, 0.15) is 5.75 Å². The molecule has 0 aromatic heterocycles. The maximum Gasteiger partial charge on any atom is 0.255 e. The second kappa shape index (κ2) is 7.45. The lowest BCUT2D eigenvalue weighted by Gasteiger charge is -2.11. The molecular formula is C18H20BrNO2. The number of ether oxygens (including phenoxy) is 1. The third kappa shape index (κ3) is 4.60. The molecule has 2 rings (SSSR count). The highest BCUT2D eigenvalue weighted by Crippen LogP contribution is 2.27. The van der Waals surface area contributed by atoms with E-state index in [1.54, 1.807) is 12.1 Å². The van der Waals surface area contributed by atoms with Gasteiger partial charge in [0.05, 0.1) is 11.1 Å². The van der Waals surface area contributed by atoms with Crippen LogP contribution in [0.1, 0.15) is 29.8 Å². The fourth-order valence-electron chi connectivity index (χ4n) is 1.86. The Morgan fingerprint density at radius 2 is 1.86 bits per heavy atom. The Morgan fingerprint density at radius 1 is 1.18 bits per heavy atom. The van der Waals surface area contributed by atoms with Crippen LogP contribution in [0.2, 0.25) is 0 Å². The summed E-state index contributed by atoms with van der Waals surface area (Å²) in [7, 11) is 0. The third-order valence-corrected chi connectivity index (χ3v) is 3.70. The van der Waals surface area contributed by atoms with Crippen LogP contribution in [0.3, 0.4) is 0 Å². The number of anilines is 1. The van der Waals surface area contributed by atoms with Crippen LogP contribution in [0.25, 0.3) is 0 Å². The first kappa shape index (κ1) is 16.6. The summed E-state index contributed by atoms with van der Waals surface area (Å²) in [4.78, 5) is 12.3. The summed E-state index contributed by atoms with van der Waals surface area (Å²) >= 11 is 3.46. The van der Waals surface area contributed by atoms with Crippen LogP contribution in [0.5, 0.6) is 5.75 Å². The molecule has 0 spiro atoms. The van der Waals surface area contributed by atoms with Crippen molar-refractivity contribution in [2.75, 3.05) is 11.9 Å². The molecule has 0 atom stereocenters. The average molecular weight is 362 g/mol. The highest BCUT2D eigenvalue weighted by atomic mass is 79.9. The topological polar surface area (TPSA) is 38.3 Å². The quantitative estimate of drug-likeness (QED) is 0.809. The standard InChI is InChI=1S/C18H20BrNO2/c1-12(2)11-22-17-9-6-14(10-16(17)19)18(21)20-15-7-4-13(3)5-8-15/h4-10,12H,11H2,1-3H3,(H,20,21). The molecule has 2 aromatic rings. The molecule has 22 heavy (non-hydrogen) atoms. The van der Waals surface area contributed by atoms with Gasteiger partial charge in [-0.05, 0) is 59.1 Å². The van der Waals surface area contributed by atoms with Crippen molar-refractivity contribution >= 4 is 27.5 Å². The molecule has 2 aromatic carbocycles. The Kier molecular flexibility index (Phi) is 5.61. The molecule has 0 aliphatic rings. The second-order valence-corrected chi connectivity index (χ2v) is 6.52. The van der Waals surface area contributed by atoms with Crippen LogP contribution in [-0.4, -0.2) is 12.5 Å². The minimum atomic E-state index is -0.139. The van der Waals surface area contributed by atoms with Gasteiger partial charge in [-0.3, -0.25) is 4.79 Å². The summed E-state index contributed by atoms with van der Waals surface area (Å²) in [5.74, 6) is 1.07. The van der Waals surface area contributed by atoms with E-state index in [1.807, 2.05) is 37.3 Å². The number of aryl methyl sites for hydroxylation is 1. The van der Waals surface area contributed by atoms with Gasteiger partial charge in [-0.2, -0.15) is 0 Å². The number of hydrogen-bond donors (Lipinski definition) is 1. The van der Waals surface area contributed by atoms with E-state index in [2.05, 4.69) is 35.1 Å². The summed E-state index contributed by atoms with van der Waals surface area (Å²) in [6.45, 7) is 6.85. The SMILES string of the molecule is Cc1ccc(NC(=O)c2ccc(OCC(C)C)c(Br)c2)cc1. The van der Waals surface area contributed by atoms with Crippen molar-refractivity contribution in [2.24, 2.45) is 5.92 Å². The molecule has 4 heteroatoms. The smallest absolute Gasteiger partial charge is 0.255 e. The molecule has 0 unspecified atom stereocenters. The van der Waals surface area contributed by atoms with Crippen LogP contribution in [0.15, 0.2) is 46.9 Å². The Hall–Kier alpha value is -1.81. The van der Waals surface area contributed by atoms with Crippen LogP contribution in [0, 0.1) is 12.8 Å². The number of benzene rings is 2. The summed E-state index contributed by atoms with van der Waals surface area (Å²) in [6.07, 6.45) is 0. The molecule has 1 amide bonds. The van der Waals surface area contributed by atoms with Crippen LogP contribution >= 0.6 is 15.9 Å².